The molecule has 0 bridgehead atoms. The molecular formula is C49H44BN4S2. The van der Waals surface area contributed by atoms with Gasteiger partial charge in [0.2, 0.25) is 0 Å². The fourth-order valence-corrected chi connectivity index (χ4v) is 10.3. The highest BCUT2D eigenvalue weighted by Gasteiger charge is 2.37. The van der Waals surface area contributed by atoms with Crippen molar-refractivity contribution < 1.29 is 0 Å². The molecule has 4 aromatic carbocycles. The summed E-state index contributed by atoms with van der Waals surface area (Å²) in [6, 6.07) is 25.0. The number of nitrogens with zero attached hydrogens (tertiary/aromatic N) is 4. The van der Waals surface area contributed by atoms with Crippen LogP contribution in [0.5, 0.6) is 0 Å². The fourth-order valence-electron chi connectivity index (χ4n) is 8.07. The zero-order valence-corrected chi connectivity index (χ0v) is 34.9. The minimum absolute atomic E-state index is 0.108. The molecule has 0 amide bonds. The summed E-state index contributed by atoms with van der Waals surface area (Å²) in [4.78, 5) is 19.6. The Morgan fingerprint density at radius 2 is 1.32 bits per heavy atom. The average Bonchev–Trinajstić information content (AvgIpc) is 3.92. The first-order chi connectivity index (χ1) is 27.3. The number of hydrogen-bond acceptors (Lipinski definition) is 6. The Morgan fingerprint density at radius 3 is 1.98 bits per heavy atom. The van der Waals surface area contributed by atoms with Crippen molar-refractivity contribution in [3.05, 3.63) is 155 Å². The highest BCUT2D eigenvalue weighted by molar-refractivity contribution is 7.26. The monoisotopic (exact) mass is 763 g/mol. The number of fused-ring (bicyclic) bond motifs is 8. The molecule has 0 aliphatic heterocycles. The summed E-state index contributed by atoms with van der Waals surface area (Å²) in [5, 5.41) is 2.54. The van der Waals surface area contributed by atoms with Crippen LogP contribution < -0.4 is 0 Å². The van der Waals surface area contributed by atoms with Gasteiger partial charge in [-0.3, -0.25) is 0 Å². The van der Waals surface area contributed by atoms with Crippen molar-refractivity contribution in [2.75, 3.05) is 0 Å². The summed E-state index contributed by atoms with van der Waals surface area (Å²) in [7, 11) is 2.10. The van der Waals surface area contributed by atoms with Gasteiger partial charge in [0, 0.05) is 42.3 Å². The molecule has 0 saturated carbocycles. The number of thiazole rings is 1. The van der Waals surface area contributed by atoms with Crippen LogP contribution in [0.2, 0.25) is 6.82 Å². The number of allylic oxidation sites excluding steroid dienone is 11. The predicted molar refractivity (Wildman–Crippen MR) is 246 cm³/mol. The Kier molecular flexibility index (Phi) is 10.2. The molecule has 8 rings (SSSR count). The summed E-state index contributed by atoms with van der Waals surface area (Å²) in [6.45, 7) is 16.9. The smallest absolute Gasteiger partial charge is 0.163 e. The SMILES string of the molecule is C[B]/C(=C\C(=C/C)c1cccc2c1sc1c(-c3ccc4c(c3)C(C)(C)c3ccc5ncsc5c3-4)cccc12)c1nc(C(/C=C\C)=C/C)nc(C(/C=C\C)=C/C)n1. The average molecular weight is 764 g/mol. The molecule has 4 nitrogen and oxygen atoms in total. The first-order valence-electron chi connectivity index (χ1n) is 19.2. The molecule has 0 spiro atoms. The number of hydrogen-bond donors (Lipinski definition) is 0. The maximum absolute atomic E-state index is 5.03. The molecule has 1 aliphatic carbocycles. The fraction of sp³-hybridized carbons (Fsp3) is 0.184. The molecule has 1 aliphatic rings. The second-order valence-corrected chi connectivity index (χ2v) is 16.3. The van der Waals surface area contributed by atoms with Crippen LogP contribution in [-0.4, -0.2) is 27.2 Å². The van der Waals surface area contributed by atoms with E-state index >= 15 is 0 Å². The third kappa shape index (κ3) is 6.23. The quantitative estimate of drug-likeness (QED) is 0.109. The van der Waals surface area contributed by atoms with Gasteiger partial charge in [-0.2, -0.15) is 0 Å². The van der Waals surface area contributed by atoms with Crippen molar-refractivity contribution in [2.24, 2.45) is 0 Å². The Balaban J connectivity index is 1.25. The van der Waals surface area contributed by atoms with Gasteiger partial charge in [-0.15, -0.1) is 22.7 Å². The Hall–Kier alpha value is -5.50. The van der Waals surface area contributed by atoms with Crippen LogP contribution >= 0.6 is 22.7 Å². The summed E-state index contributed by atoms with van der Waals surface area (Å²) in [6.07, 6.45) is 16.6. The molecule has 3 heterocycles. The van der Waals surface area contributed by atoms with E-state index in [-0.39, 0.29) is 5.41 Å². The van der Waals surface area contributed by atoms with Crippen molar-refractivity contribution in [1.29, 1.82) is 0 Å². The first kappa shape index (κ1) is 37.4. The van der Waals surface area contributed by atoms with Crippen LogP contribution in [0.25, 0.3) is 74.8 Å². The van der Waals surface area contributed by atoms with E-state index in [4.69, 9.17) is 15.0 Å². The molecule has 7 aromatic rings. The summed E-state index contributed by atoms with van der Waals surface area (Å²) >= 11 is 3.62. The predicted octanol–water partition coefficient (Wildman–Crippen LogP) is 14.0. The molecule has 0 fully saturated rings. The van der Waals surface area contributed by atoms with Crippen molar-refractivity contribution in [3.63, 3.8) is 0 Å². The van der Waals surface area contributed by atoms with Gasteiger partial charge in [-0.1, -0.05) is 124 Å². The molecule has 3 aromatic heterocycles. The zero-order chi connectivity index (χ0) is 39.1. The Bertz CT molecular complexity index is 2830. The van der Waals surface area contributed by atoms with Gasteiger partial charge in [0.1, 0.15) is 0 Å². The Morgan fingerprint density at radius 1 is 0.661 bits per heavy atom. The van der Waals surface area contributed by atoms with Crippen LogP contribution in [-0.2, 0) is 5.41 Å². The zero-order valence-electron chi connectivity index (χ0n) is 33.2. The van der Waals surface area contributed by atoms with Gasteiger partial charge in [-0.05, 0) is 91.2 Å². The molecule has 0 unspecified atom stereocenters. The number of rotatable bonds is 9. The van der Waals surface area contributed by atoms with Crippen LogP contribution in [0.4, 0.5) is 0 Å². The second-order valence-electron chi connectivity index (χ2n) is 14.5. The standard InChI is InChI=1S/C49H44BN4S2/c1-9-16-29(11-3)46-52-47(30(12-4)17-10-2)54-48(53-46)40(50-8)27-31(13-5)33-18-14-20-35-36-21-15-19-34(44(36)56-43(33)35)32-22-23-37-39(26-32)49(6,7)38-24-25-41-45(42(37)38)55-28-51-41/h9-28H,1-8H3/b16-9-,17-10-,29-11+,30-12+,31-13+,40-27-. The lowest BCUT2D eigenvalue weighted by atomic mass is 9.70. The molecule has 0 N–H and O–H groups in total. The molecule has 1 radical (unpaired) electrons. The van der Waals surface area contributed by atoms with E-state index < -0.39 is 0 Å². The van der Waals surface area contributed by atoms with Crippen LogP contribution in [0.1, 0.15) is 82.6 Å². The van der Waals surface area contributed by atoms with Crippen molar-refractivity contribution in [1.82, 2.24) is 19.9 Å². The third-order valence-electron chi connectivity index (χ3n) is 10.9. The number of benzene rings is 4. The van der Waals surface area contributed by atoms with E-state index in [2.05, 4.69) is 119 Å². The molecule has 7 heteroatoms. The topological polar surface area (TPSA) is 51.6 Å². The molecular weight excluding hydrogens is 720 g/mol. The molecule has 0 atom stereocenters. The maximum atomic E-state index is 5.03. The van der Waals surface area contributed by atoms with Crippen LogP contribution in [0.15, 0.2) is 121 Å². The van der Waals surface area contributed by atoms with E-state index in [0.717, 1.165) is 27.7 Å². The number of thiophene rings is 1. The molecule has 275 valence electrons. The van der Waals surface area contributed by atoms with Gasteiger partial charge in [0.05, 0.1) is 15.7 Å². The second kappa shape index (κ2) is 15.2. The molecule has 56 heavy (non-hydrogen) atoms. The van der Waals surface area contributed by atoms with Gasteiger partial charge >= 0.3 is 0 Å². The van der Waals surface area contributed by atoms with E-state index in [1.165, 1.54) is 63.8 Å². The lowest BCUT2D eigenvalue weighted by molar-refractivity contribution is 0.661. The third-order valence-corrected chi connectivity index (χ3v) is 13.1. The van der Waals surface area contributed by atoms with Gasteiger partial charge in [0.25, 0.3) is 0 Å². The van der Waals surface area contributed by atoms with Crippen LogP contribution in [0.3, 0.4) is 0 Å². The van der Waals surface area contributed by atoms with E-state index in [0.29, 0.717) is 17.5 Å². The molecule has 0 saturated heterocycles. The van der Waals surface area contributed by atoms with E-state index in [1.54, 1.807) is 11.3 Å². The van der Waals surface area contributed by atoms with Crippen molar-refractivity contribution in [3.8, 4) is 22.3 Å². The minimum Gasteiger partial charge on any atom is -0.245 e. The van der Waals surface area contributed by atoms with E-state index in [9.17, 15) is 0 Å². The maximum Gasteiger partial charge on any atom is 0.163 e. The van der Waals surface area contributed by atoms with Gasteiger partial charge in [-0.25, -0.2) is 19.9 Å². The lowest BCUT2D eigenvalue weighted by Gasteiger charge is -2.22. The van der Waals surface area contributed by atoms with Crippen molar-refractivity contribution >= 4 is 82.5 Å². The van der Waals surface area contributed by atoms with E-state index in [1.807, 2.05) is 81.0 Å². The lowest BCUT2D eigenvalue weighted by Crippen LogP contribution is -2.14. The first-order valence-corrected chi connectivity index (χ1v) is 20.9. The van der Waals surface area contributed by atoms with Crippen molar-refractivity contribution in [2.45, 2.75) is 60.7 Å². The largest absolute Gasteiger partial charge is 0.245 e. The normalized spacial score (nSPS) is 14.9. The minimum atomic E-state index is -0.108. The highest BCUT2D eigenvalue weighted by Crippen LogP contribution is 2.53. The number of aromatic nitrogens is 4. The Labute approximate surface area is 338 Å². The summed E-state index contributed by atoms with van der Waals surface area (Å²) in [5.74, 6) is 1.95. The van der Waals surface area contributed by atoms with Crippen LogP contribution in [0, 0.1) is 0 Å². The van der Waals surface area contributed by atoms with Gasteiger partial charge in [0.15, 0.2) is 24.8 Å². The van der Waals surface area contributed by atoms with Gasteiger partial charge < -0.3 is 0 Å². The summed E-state index contributed by atoms with van der Waals surface area (Å²) in [5.41, 5.74) is 16.0. The summed E-state index contributed by atoms with van der Waals surface area (Å²) < 4.78 is 3.84. The highest BCUT2D eigenvalue weighted by atomic mass is 32.1.